The lowest BCUT2D eigenvalue weighted by Crippen LogP contribution is -2.39. The summed E-state index contributed by atoms with van der Waals surface area (Å²) in [6, 6.07) is 11.0. The fourth-order valence-corrected chi connectivity index (χ4v) is 5.27. The van der Waals surface area contributed by atoms with Crippen LogP contribution in [0.3, 0.4) is 0 Å². The third-order valence-corrected chi connectivity index (χ3v) is 6.83. The molecule has 0 spiro atoms. The Hall–Kier alpha value is -1.28. The molecule has 1 nitrogen and oxygen atoms in total. The summed E-state index contributed by atoms with van der Waals surface area (Å²) >= 11 is 0. The number of aryl methyl sites for hydroxylation is 1. The normalized spacial score (nSPS) is 11.9. The first-order valence-corrected chi connectivity index (χ1v) is 13.3. The van der Waals surface area contributed by atoms with Crippen molar-refractivity contribution >= 4 is 13.3 Å². The van der Waals surface area contributed by atoms with E-state index in [1.165, 1.54) is 49.8 Å². The van der Waals surface area contributed by atoms with Crippen molar-refractivity contribution in [1.29, 1.82) is 0 Å². The van der Waals surface area contributed by atoms with Crippen molar-refractivity contribution in [3.8, 4) is 11.3 Å². The highest BCUT2D eigenvalue weighted by Gasteiger charge is 2.26. The third-order valence-electron chi connectivity index (χ3n) is 4.78. The van der Waals surface area contributed by atoms with Gasteiger partial charge in [0.15, 0.2) is 0 Å². The summed E-state index contributed by atoms with van der Waals surface area (Å²) in [6.07, 6.45) is 10.3. The summed E-state index contributed by atoms with van der Waals surface area (Å²) in [5.74, 6) is 0. The quantitative estimate of drug-likeness (QED) is 0.376. The van der Waals surface area contributed by atoms with Crippen LogP contribution in [0.1, 0.15) is 51.5 Å². The van der Waals surface area contributed by atoms with Crippen molar-refractivity contribution in [1.82, 2.24) is 4.57 Å². The average molecular weight is 342 g/mol. The zero-order valence-electron chi connectivity index (χ0n) is 16.4. The summed E-state index contributed by atoms with van der Waals surface area (Å²) in [4.78, 5) is 0. The molecule has 2 rings (SSSR count). The van der Waals surface area contributed by atoms with E-state index < -0.39 is 8.07 Å². The molecule has 0 aliphatic rings. The molecule has 1 aromatic heterocycles. The topological polar surface area (TPSA) is 4.93 Å². The lowest BCUT2D eigenvalue weighted by Gasteiger charge is -2.18. The summed E-state index contributed by atoms with van der Waals surface area (Å²) in [5.41, 5.74) is 4.53. The van der Waals surface area contributed by atoms with Crippen LogP contribution in [0.2, 0.25) is 19.6 Å². The number of hydrogen-bond acceptors (Lipinski definition) is 0. The Kier molecular flexibility index (Phi) is 6.91. The van der Waals surface area contributed by atoms with Crippen LogP contribution in [0.25, 0.3) is 11.3 Å². The first-order chi connectivity index (χ1) is 11.5. The minimum absolute atomic E-state index is 1.12. The number of benzene rings is 1. The largest absolute Gasteiger partial charge is 0.347 e. The molecule has 1 aromatic carbocycles. The Morgan fingerprint density at radius 2 is 1.58 bits per heavy atom. The van der Waals surface area contributed by atoms with Crippen molar-refractivity contribution in [3.63, 3.8) is 0 Å². The Morgan fingerprint density at radius 1 is 0.875 bits per heavy atom. The Balaban J connectivity index is 2.49. The van der Waals surface area contributed by atoms with Crippen LogP contribution in [-0.2, 0) is 13.0 Å². The van der Waals surface area contributed by atoms with Crippen LogP contribution < -0.4 is 5.19 Å². The molecule has 1 heterocycles. The van der Waals surface area contributed by atoms with Gasteiger partial charge in [-0.3, -0.25) is 0 Å². The van der Waals surface area contributed by atoms with Gasteiger partial charge < -0.3 is 4.57 Å². The fourth-order valence-electron chi connectivity index (χ4n) is 3.58. The van der Waals surface area contributed by atoms with E-state index in [0.29, 0.717) is 0 Å². The second kappa shape index (κ2) is 8.71. The summed E-state index contributed by atoms with van der Waals surface area (Å²) in [5, 5.41) is 1.67. The van der Waals surface area contributed by atoms with Crippen molar-refractivity contribution in [2.24, 2.45) is 0 Å². The van der Waals surface area contributed by atoms with E-state index in [2.05, 4.69) is 74.6 Å². The molecule has 0 atom stereocenters. The molecule has 0 aliphatic heterocycles. The van der Waals surface area contributed by atoms with Gasteiger partial charge in [-0.2, -0.15) is 0 Å². The van der Waals surface area contributed by atoms with E-state index in [9.17, 15) is 0 Å². The van der Waals surface area contributed by atoms with E-state index in [1.807, 2.05) is 0 Å². The van der Waals surface area contributed by atoms with Gasteiger partial charge in [0.05, 0.1) is 13.8 Å². The predicted octanol–water partition coefficient (Wildman–Crippen LogP) is 6.23. The van der Waals surface area contributed by atoms with E-state index in [1.54, 1.807) is 10.8 Å². The zero-order chi connectivity index (χ0) is 17.6. The molecule has 0 bridgehead atoms. The van der Waals surface area contributed by atoms with Gasteiger partial charge in [-0.05, 0) is 35.6 Å². The van der Waals surface area contributed by atoms with E-state index in [-0.39, 0.29) is 0 Å². The second-order valence-corrected chi connectivity index (χ2v) is 13.0. The molecular weight excluding hydrogens is 306 g/mol. The highest BCUT2D eigenvalue weighted by Crippen LogP contribution is 2.28. The molecule has 0 fully saturated rings. The van der Waals surface area contributed by atoms with Gasteiger partial charge in [-0.15, -0.1) is 0 Å². The van der Waals surface area contributed by atoms with Crippen LogP contribution in [0, 0.1) is 0 Å². The molecule has 2 aromatic rings. The third kappa shape index (κ3) is 4.63. The lowest BCUT2D eigenvalue weighted by atomic mass is 10.0. The van der Waals surface area contributed by atoms with Gasteiger partial charge in [0.1, 0.15) is 0 Å². The van der Waals surface area contributed by atoms with Gasteiger partial charge in [-0.25, -0.2) is 0 Å². The number of rotatable bonds is 9. The Morgan fingerprint density at radius 3 is 2.17 bits per heavy atom. The number of nitrogens with zero attached hydrogens (tertiary/aromatic N) is 1. The van der Waals surface area contributed by atoms with E-state index in [4.69, 9.17) is 0 Å². The lowest BCUT2D eigenvalue weighted by molar-refractivity contribution is 0.662. The van der Waals surface area contributed by atoms with Gasteiger partial charge in [-0.1, -0.05) is 83.1 Å². The van der Waals surface area contributed by atoms with Crippen LogP contribution in [0.5, 0.6) is 0 Å². The minimum atomic E-state index is -1.34. The van der Waals surface area contributed by atoms with Crippen LogP contribution in [0.4, 0.5) is 0 Å². The van der Waals surface area contributed by atoms with Crippen molar-refractivity contribution in [2.75, 3.05) is 0 Å². The Bertz CT molecular complexity index is 619. The maximum Gasteiger partial charge on any atom is 0.0799 e. The molecule has 0 aliphatic carbocycles. The first-order valence-electron chi connectivity index (χ1n) is 9.77. The van der Waals surface area contributed by atoms with Gasteiger partial charge >= 0.3 is 0 Å². The molecule has 0 saturated carbocycles. The molecule has 0 amide bonds. The molecule has 132 valence electrons. The second-order valence-electron chi connectivity index (χ2n) is 7.99. The molecule has 0 N–H and O–H groups in total. The van der Waals surface area contributed by atoms with Crippen molar-refractivity contribution in [3.05, 3.63) is 42.1 Å². The summed E-state index contributed by atoms with van der Waals surface area (Å²) < 4.78 is 2.54. The highest BCUT2D eigenvalue weighted by molar-refractivity contribution is 6.89. The molecule has 0 unspecified atom stereocenters. The first kappa shape index (κ1) is 19.0. The molecule has 0 radical (unpaired) electrons. The SMILES string of the molecule is CCCCCCc1c([Si](C)(C)C)cn(CCC)c1-c1ccccc1. The van der Waals surface area contributed by atoms with Crippen LogP contribution in [0.15, 0.2) is 36.5 Å². The number of aromatic nitrogens is 1. The molecular formula is C22H35NSi. The van der Waals surface area contributed by atoms with Crippen LogP contribution in [-0.4, -0.2) is 12.6 Å². The molecule has 2 heteroatoms. The van der Waals surface area contributed by atoms with Gasteiger partial charge in [0.2, 0.25) is 0 Å². The smallest absolute Gasteiger partial charge is 0.0799 e. The van der Waals surface area contributed by atoms with Crippen LogP contribution >= 0.6 is 0 Å². The minimum Gasteiger partial charge on any atom is -0.347 e. The predicted molar refractivity (Wildman–Crippen MR) is 111 cm³/mol. The van der Waals surface area contributed by atoms with Crippen molar-refractivity contribution in [2.45, 2.75) is 78.6 Å². The molecule has 0 saturated heterocycles. The standard InChI is InChI=1S/C22H35NSi/c1-6-8-9-13-16-20-21(24(3,4)5)18-23(17-7-2)22(20)19-14-11-10-12-15-19/h10-12,14-15,18H,6-9,13,16-17H2,1-5H3. The number of unbranched alkanes of at least 4 members (excludes halogenated alkanes) is 3. The van der Waals surface area contributed by atoms with E-state index >= 15 is 0 Å². The maximum atomic E-state index is 2.54. The fraction of sp³-hybridized carbons (Fsp3) is 0.545. The zero-order valence-corrected chi connectivity index (χ0v) is 17.4. The van der Waals surface area contributed by atoms with Gasteiger partial charge in [0.25, 0.3) is 0 Å². The maximum absolute atomic E-state index is 2.54. The van der Waals surface area contributed by atoms with Gasteiger partial charge in [0, 0.05) is 12.7 Å². The van der Waals surface area contributed by atoms with E-state index in [0.717, 1.165) is 6.54 Å². The van der Waals surface area contributed by atoms with Crippen molar-refractivity contribution < 1.29 is 0 Å². The highest BCUT2D eigenvalue weighted by atomic mass is 28.3. The monoisotopic (exact) mass is 341 g/mol. The average Bonchev–Trinajstić information content (AvgIpc) is 2.91. The summed E-state index contributed by atoms with van der Waals surface area (Å²) in [6.45, 7) is 13.2. The Labute approximate surface area is 150 Å². The molecule has 24 heavy (non-hydrogen) atoms. The number of hydrogen-bond donors (Lipinski definition) is 0. The summed E-state index contributed by atoms with van der Waals surface area (Å²) in [7, 11) is -1.34.